The first-order valence-corrected chi connectivity index (χ1v) is 5.43. The lowest BCUT2D eigenvalue weighted by molar-refractivity contribution is 0.0697. The van der Waals surface area contributed by atoms with Crippen molar-refractivity contribution in [2.45, 2.75) is 6.92 Å². The van der Waals surface area contributed by atoms with Gasteiger partial charge in [0.05, 0.1) is 0 Å². The van der Waals surface area contributed by atoms with Gasteiger partial charge in [-0.2, -0.15) is 5.10 Å². The molecule has 82 valence electrons. The van der Waals surface area contributed by atoms with Gasteiger partial charge in [0, 0.05) is 5.56 Å². The Hall–Kier alpha value is -1.62. The number of carboxylic acids is 1. The number of hydrogen-bond acceptors (Lipinski definition) is 2. The predicted octanol–water partition coefficient (Wildman–Crippen LogP) is 2.85. The monoisotopic (exact) mass is 280 g/mol. The summed E-state index contributed by atoms with van der Waals surface area (Å²) in [5.41, 5.74) is 2.46. The lowest BCUT2D eigenvalue weighted by atomic mass is 10.1. The number of nitrogens with zero attached hydrogens (tertiary/aromatic N) is 1. The summed E-state index contributed by atoms with van der Waals surface area (Å²) in [7, 11) is 0. The molecule has 0 fully saturated rings. The number of aromatic carboxylic acids is 1. The Labute approximate surface area is 100 Å². The highest BCUT2D eigenvalue weighted by Gasteiger charge is 2.19. The van der Waals surface area contributed by atoms with E-state index in [0.717, 1.165) is 11.1 Å². The predicted molar refractivity (Wildman–Crippen MR) is 63.4 cm³/mol. The Bertz CT molecular complexity index is 549. The zero-order chi connectivity index (χ0) is 11.7. The highest BCUT2D eigenvalue weighted by molar-refractivity contribution is 9.10. The molecule has 0 saturated carbocycles. The van der Waals surface area contributed by atoms with Gasteiger partial charge in [-0.25, -0.2) is 4.79 Å². The summed E-state index contributed by atoms with van der Waals surface area (Å²) in [5.74, 6) is -1.00. The maximum absolute atomic E-state index is 11.1. The molecular formula is C11H9BrN2O2. The van der Waals surface area contributed by atoms with E-state index in [4.69, 9.17) is 5.11 Å². The van der Waals surface area contributed by atoms with Gasteiger partial charge in [0.25, 0.3) is 0 Å². The van der Waals surface area contributed by atoms with Crippen molar-refractivity contribution in [2.24, 2.45) is 0 Å². The molecule has 0 saturated heterocycles. The fourth-order valence-electron chi connectivity index (χ4n) is 1.52. The van der Waals surface area contributed by atoms with Gasteiger partial charge in [0.15, 0.2) is 0 Å². The molecule has 16 heavy (non-hydrogen) atoms. The Morgan fingerprint density at radius 2 is 2.25 bits per heavy atom. The summed E-state index contributed by atoms with van der Waals surface area (Å²) < 4.78 is 0.386. The zero-order valence-electron chi connectivity index (χ0n) is 8.49. The average Bonchev–Trinajstić information content (AvgIpc) is 2.60. The number of benzene rings is 1. The number of aromatic nitrogens is 2. The van der Waals surface area contributed by atoms with Gasteiger partial charge in [-0.1, -0.05) is 23.8 Å². The summed E-state index contributed by atoms with van der Waals surface area (Å²) in [6, 6.07) is 7.56. The molecule has 5 heteroatoms. The molecule has 0 bridgehead atoms. The van der Waals surface area contributed by atoms with Crippen LogP contribution < -0.4 is 0 Å². The van der Waals surface area contributed by atoms with Crippen molar-refractivity contribution in [3.05, 3.63) is 40.0 Å². The van der Waals surface area contributed by atoms with E-state index in [1.54, 1.807) is 0 Å². The number of H-pyrrole nitrogens is 1. The van der Waals surface area contributed by atoms with Crippen molar-refractivity contribution in [3.8, 4) is 11.3 Å². The largest absolute Gasteiger partial charge is 0.478 e. The summed E-state index contributed by atoms with van der Waals surface area (Å²) in [6.07, 6.45) is 0. The second-order valence-corrected chi connectivity index (χ2v) is 4.23. The first-order chi connectivity index (χ1) is 7.59. The van der Waals surface area contributed by atoms with Crippen LogP contribution in [0.4, 0.5) is 0 Å². The molecule has 0 aliphatic rings. The van der Waals surface area contributed by atoms with Crippen LogP contribution in [0.5, 0.6) is 0 Å². The van der Waals surface area contributed by atoms with Crippen LogP contribution in [0.3, 0.4) is 0 Å². The first kappa shape index (κ1) is 10.9. The van der Waals surface area contributed by atoms with E-state index in [9.17, 15) is 4.79 Å². The molecule has 0 spiro atoms. The van der Waals surface area contributed by atoms with Crippen LogP contribution in [0, 0.1) is 6.92 Å². The standard InChI is InChI=1S/C11H9BrN2O2/c1-6-3-2-4-7(5-6)9-8(11(15)16)10(12)14-13-9/h2-5H,1H3,(H,13,14)(H,15,16). The lowest BCUT2D eigenvalue weighted by Crippen LogP contribution is -1.98. The Balaban J connectivity index is 2.60. The highest BCUT2D eigenvalue weighted by Crippen LogP contribution is 2.27. The van der Waals surface area contributed by atoms with E-state index in [-0.39, 0.29) is 5.56 Å². The van der Waals surface area contributed by atoms with E-state index < -0.39 is 5.97 Å². The number of carbonyl (C=O) groups is 1. The Morgan fingerprint density at radius 3 is 2.88 bits per heavy atom. The number of nitrogens with one attached hydrogen (secondary N) is 1. The van der Waals surface area contributed by atoms with Crippen LogP contribution in [0.2, 0.25) is 0 Å². The van der Waals surface area contributed by atoms with Gasteiger partial charge in [-0.05, 0) is 28.9 Å². The van der Waals surface area contributed by atoms with Crippen molar-refractivity contribution in [2.75, 3.05) is 0 Å². The molecule has 1 aromatic heterocycles. The quantitative estimate of drug-likeness (QED) is 0.889. The average molecular weight is 281 g/mol. The first-order valence-electron chi connectivity index (χ1n) is 4.64. The highest BCUT2D eigenvalue weighted by atomic mass is 79.9. The maximum Gasteiger partial charge on any atom is 0.340 e. The van der Waals surface area contributed by atoms with E-state index in [0.29, 0.717) is 10.3 Å². The molecule has 1 heterocycles. The fourth-order valence-corrected chi connectivity index (χ4v) is 1.96. The minimum atomic E-state index is -1.00. The number of rotatable bonds is 2. The number of halogens is 1. The van der Waals surface area contributed by atoms with Gasteiger partial charge in [-0.15, -0.1) is 0 Å². The molecular weight excluding hydrogens is 272 g/mol. The molecule has 2 rings (SSSR count). The third-order valence-corrected chi connectivity index (χ3v) is 2.80. The molecule has 2 aromatic rings. The van der Waals surface area contributed by atoms with Crippen molar-refractivity contribution < 1.29 is 9.90 Å². The van der Waals surface area contributed by atoms with Crippen LogP contribution in [-0.2, 0) is 0 Å². The van der Waals surface area contributed by atoms with Crippen LogP contribution in [0.1, 0.15) is 15.9 Å². The van der Waals surface area contributed by atoms with E-state index >= 15 is 0 Å². The van der Waals surface area contributed by atoms with Crippen molar-refractivity contribution in [1.82, 2.24) is 10.2 Å². The second kappa shape index (κ2) is 4.09. The van der Waals surface area contributed by atoms with E-state index in [2.05, 4.69) is 26.1 Å². The smallest absolute Gasteiger partial charge is 0.340 e. The van der Waals surface area contributed by atoms with E-state index in [1.807, 2.05) is 31.2 Å². The van der Waals surface area contributed by atoms with Gasteiger partial charge >= 0.3 is 5.97 Å². The van der Waals surface area contributed by atoms with Crippen molar-refractivity contribution in [1.29, 1.82) is 0 Å². The number of aryl methyl sites for hydroxylation is 1. The van der Waals surface area contributed by atoms with E-state index in [1.165, 1.54) is 0 Å². The lowest BCUT2D eigenvalue weighted by Gasteiger charge is -2.00. The number of aromatic amines is 1. The molecule has 0 amide bonds. The minimum Gasteiger partial charge on any atom is -0.478 e. The normalized spacial score (nSPS) is 10.4. The van der Waals surface area contributed by atoms with Gasteiger partial charge in [-0.3, -0.25) is 5.10 Å². The summed E-state index contributed by atoms with van der Waals surface area (Å²) in [5, 5.41) is 15.7. The van der Waals surface area contributed by atoms with Gasteiger partial charge in [0.2, 0.25) is 0 Å². The SMILES string of the molecule is Cc1cccc(-c2n[nH]c(Br)c2C(=O)O)c1. The van der Waals surface area contributed by atoms with Crippen LogP contribution in [0.25, 0.3) is 11.3 Å². The third-order valence-electron chi connectivity index (χ3n) is 2.23. The van der Waals surface area contributed by atoms with Crippen LogP contribution >= 0.6 is 15.9 Å². The molecule has 0 radical (unpaired) electrons. The summed E-state index contributed by atoms with van der Waals surface area (Å²) in [6.45, 7) is 1.95. The number of hydrogen-bond donors (Lipinski definition) is 2. The maximum atomic E-state index is 11.1. The zero-order valence-corrected chi connectivity index (χ0v) is 10.1. The van der Waals surface area contributed by atoms with Crippen molar-refractivity contribution in [3.63, 3.8) is 0 Å². The number of carboxylic acid groups (broad SMARTS) is 1. The molecule has 0 unspecified atom stereocenters. The summed E-state index contributed by atoms with van der Waals surface area (Å²) in [4.78, 5) is 11.1. The van der Waals surface area contributed by atoms with Gasteiger partial charge < -0.3 is 5.11 Å². The fraction of sp³-hybridized carbons (Fsp3) is 0.0909. The molecule has 0 aliphatic heterocycles. The second-order valence-electron chi connectivity index (χ2n) is 3.44. The van der Waals surface area contributed by atoms with Gasteiger partial charge in [0.1, 0.15) is 15.9 Å². The van der Waals surface area contributed by atoms with Crippen molar-refractivity contribution >= 4 is 21.9 Å². The Kier molecular flexibility index (Phi) is 2.78. The van der Waals surface area contributed by atoms with Crippen LogP contribution in [0.15, 0.2) is 28.9 Å². The molecule has 4 nitrogen and oxygen atoms in total. The minimum absolute atomic E-state index is 0.158. The molecule has 0 aliphatic carbocycles. The topological polar surface area (TPSA) is 66.0 Å². The third kappa shape index (κ3) is 1.86. The van der Waals surface area contributed by atoms with Crippen LogP contribution in [-0.4, -0.2) is 21.3 Å². The molecule has 0 atom stereocenters. The molecule has 2 N–H and O–H groups in total. The Morgan fingerprint density at radius 1 is 1.50 bits per heavy atom. The molecule has 1 aromatic carbocycles. The summed E-state index contributed by atoms with van der Waals surface area (Å²) >= 11 is 3.13.